The van der Waals surface area contributed by atoms with E-state index in [-0.39, 0.29) is 12.5 Å². The Kier molecular flexibility index (Phi) is 6.68. The van der Waals surface area contributed by atoms with Crippen LogP contribution in [-0.4, -0.2) is 24.6 Å². The summed E-state index contributed by atoms with van der Waals surface area (Å²) in [5, 5.41) is 9.13. The predicted octanol–water partition coefficient (Wildman–Crippen LogP) is 5.13. The van der Waals surface area contributed by atoms with E-state index in [2.05, 4.69) is 28.1 Å². The Morgan fingerprint density at radius 3 is 2.37 bits per heavy atom. The van der Waals surface area contributed by atoms with E-state index >= 15 is 0 Å². The van der Waals surface area contributed by atoms with Crippen LogP contribution >= 0.6 is 0 Å². The van der Waals surface area contributed by atoms with Gasteiger partial charge in [0, 0.05) is 23.2 Å². The van der Waals surface area contributed by atoms with E-state index in [1.807, 2.05) is 12.1 Å². The first kappa shape index (κ1) is 22.9. The molecule has 2 aliphatic rings. The molecule has 3 aromatic carbocycles. The van der Waals surface area contributed by atoms with Crippen LogP contribution in [0.25, 0.3) is 0 Å². The van der Waals surface area contributed by atoms with Crippen molar-refractivity contribution in [2.24, 2.45) is 5.92 Å². The summed E-state index contributed by atoms with van der Waals surface area (Å²) in [6, 6.07) is 22.6. The van der Waals surface area contributed by atoms with Gasteiger partial charge in [0.2, 0.25) is 0 Å². The van der Waals surface area contributed by atoms with Gasteiger partial charge in [0.25, 0.3) is 5.91 Å². The minimum Gasteiger partial charge on any atom is -0.444 e. The quantitative estimate of drug-likeness (QED) is 0.325. The smallest absolute Gasteiger partial charge is 0.411 e. The van der Waals surface area contributed by atoms with Crippen molar-refractivity contribution in [3.05, 3.63) is 89.5 Å². The number of ether oxygens (including phenoxy) is 1. The molecule has 2 amide bonds. The standard InChI is InChI=1S/C28H30N4O3/c29-24-3-1-2-4-25(24)32-27(33)21-11-13-22(14-12-21)31-28(34)35-17-19-7-9-20(10-8-19)23-15-26(23)30-16-18-5-6-18/h1-4,7-14,18,23,26,30H,5-6,15-17,29H2,(H,31,34)(H,32,33)/t23?,26-/m0/s1. The van der Waals surface area contributed by atoms with Gasteiger partial charge < -0.3 is 21.1 Å². The zero-order chi connectivity index (χ0) is 24.2. The van der Waals surface area contributed by atoms with Crippen LogP contribution in [0.1, 0.15) is 46.7 Å². The summed E-state index contributed by atoms with van der Waals surface area (Å²) < 4.78 is 5.36. The molecule has 0 aromatic heterocycles. The van der Waals surface area contributed by atoms with E-state index in [0.29, 0.717) is 34.6 Å². The molecule has 7 nitrogen and oxygen atoms in total. The molecule has 5 N–H and O–H groups in total. The van der Waals surface area contributed by atoms with Crippen molar-refractivity contribution in [2.75, 3.05) is 22.9 Å². The molecule has 2 fully saturated rings. The number of carbonyl (C=O) groups is 2. The number of nitrogens with two attached hydrogens (primary N) is 1. The molecule has 0 spiro atoms. The largest absolute Gasteiger partial charge is 0.444 e. The SMILES string of the molecule is Nc1ccccc1NC(=O)c1ccc(NC(=O)OCc2ccc(C3C[C@@H]3NCC3CC3)cc2)cc1. The molecular formula is C28H30N4O3. The maximum atomic E-state index is 12.4. The molecule has 1 unspecified atom stereocenters. The van der Waals surface area contributed by atoms with Crippen LogP contribution in [0.2, 0.25) is 0 Å². The van der Waals surface area contributed by atoms with Crippen LogP contribution in [0.15, 0.2) is 72.8 Å². The topological polar surface area (TPSA) is 105 Å². The summed E-state index contributed by atoms with van der Waals surface area (Å²) in [6.45, 7) is 1.35. The third kappa shape index (κ3) is 6.19. The Balaban J connectivity index is 1.06. The monoisotopic (exact) mass is 470 g/mol. The fourth-order valence-corrected chi connectivity index (χ4v) is 4.10. The molecule has 3 aromatic rings. The maximum absolute atomic E-state index is 12.4. The van der Waals surface area contributed by atoms with Gasteiger partial charge in [0.05, 0.1) is 11.4 Å². The third-order valence-electron chi connectivity index (χ3n) is 6.54. The van der Waals surface area contributed by atoms with Crippen molar-refractivity contribution in [3.63, 3.8) is 0 Å². The maximum Gasteiger partial charge on any atom is 0.411 e. The number of hydrogen-bond acceptors (Lipinski definition) is 5. The molecule has 0 saturated heterocycles. The van der Waals surface area contributed by atoms with Crippen LogP contribution in [0.4, 0.5) is 21.9 Å². The molecule has 7 heteroatoms. The Bertz CT molecular complexity index is 1190. The van der Waals surface area contributed by atoms with Crippen molar-refractivity contribution in [1.29, 1.82) is 0 Å². The zero-order valence-corrected chi connectivity index (χ0v) is 19.5. The average molecular weight is 471 g/mol. The fourth-order valence-electron chi connectivity index (χ4n) is 4.10. The lowest BCUT2D eigenvalue weighted by molar-refractivity contribution is 0.102. The minimum absolute atomic E-state index is 0.194. The van der Waals surface area contributed by atoms with E-state index in [0.717, 1.165) is 18.0 Å². The number of anilines is 3. The number of benzene rings is 3. The van der Waals surface area contributed by atoms with E-state index in [4.69, 9.17) is 10.5 Å². The van der Waals surface area contributed by atoms with Crippen LogP contribution < -0.4 is 21.7 Å². The lowest BCUT2D eigenvalue weighted by atomic mass is 10.1. The number of amides is 2. The summed E-state index contributed by atoms with van der Waals surface area (Å²) in [7, 11) is 0. The van der Waals surface area contributed by atoms with Crippen molar-refractivity contribution < 1.29 is 14.3 Å². The van der Waals surface area contributed by atoms with E-state index < -0.39 is 6.09 Å². The fraction of sp³-hybridized carbons (Fsp3) is 0.286. The molecule has 2 saturated carbocycles. The number of para-hydroxylation sites is 2. The first-order valence-corrected chi connectivity index (χ1v) is 12.1. The van der Waals surface area contributed by atoms with Gasteiger partial charge in [0.1, 0.15) is 6.61 Å². The Hall–Kier alpha value is -3.84. The Morgan fingerprint density at radius 2 is 1.66 bits per heavy atom. The van der Waals surface area contributed by atoms with Crippen LogP contribution in [0, 0.1) is 5.92 Å². The Labute approximate surface area is 205 Å². The first-order chi connectivity index (χ1) is 17.0. The number of hydrogen-bond donors (Lipinski definition) is 4. The van der Waals surface area contributed by atoms with Gasteiger partial charge in [-0.3, -0.25) is 10.1 Å². The van der Waals surface area contributed by atoms with E-state index in [1.54, 1.807) is 48.5 Å². The second kappa shape index (κ2) is 10.2. The highest BCUT2D eigenvalue weighted by Gasteiger charge is 2.38. The third-order valence-corrected chi connectivity index (χ3v) is 6.54. The first-order valence-electron chi connectivity index (χ1n) is 12.1. The summed E-state index contributed by atoms with van der Waals surface area (Å²) in [5.41, 5.74) is 10.2. The molecule has 180 valence electrons. The van der Waals surface area contributed by atoms with Gasteiger partial charge in [-0.25, -0.2) is 4.79 Å². The molecular weight excluding hydrogens is 440 g/mol. The summed E-state index contributed by atoms with van der Waals surface area (Å²) >= 11 is 0. The summed E-state index contributed by atoms with van der Waals surface area (Å²) in [6.07, 6.45) is 3.40. The lowest BCUT2D eigenvalue weighted by Crippen LogP contribution is -2.20. The van der Waals surface area contributed by atoms with Crippen molar-refractivity contribution >= 4 is 29.1 Å². The van der Waals surface area contributed by atoms with Crippen LogP contribution in [0.3, 0.4) is 0 Å². The Morgan fingerprint density at radius 1 is 0.914 bits per heavy atom. The highest BCUT2D eigenvalue weighted by Crippen LogP contribution is 2.41. The normalized spacial score (nSPS) is 18.5. The van der Waals surface area contributed by atoms with Crippen molar-refractivity contribution in [1.82, 2.24) is 5.32 Å². The number of rotatable bonds is 9. The van der Waals surface area contributed by atoms with Gasteiger partial charge in [-0.1, -0.05) is 36.4 Å². The second-order valence-electron chi connectivity index (χ2n) is 9.36. The number of nitrogens with one attached hydrogen (secondary N) is 3. The molecule has 2 atom stereocenters. The molecule has 35 heavy (non-hydrogen) atoms. The minimum atomic E-state index is -0.546. The summed E-state index contributed by atoms with van der Waals surface area (Å²) in [4.78, 5) is 24.6. The average Bonchev–Trinajstić information content (AvgIpc) is 3.79. The number of carbonyl (C=O) groups excluding carboxylic acids is 2. The van der Waals surface area contributed by atoms with Crippen molar-refractivity contribution in [3.8, 4) is 0 Å². The van der Waals surface area contributed by atoms with Crippen molar-refractivity contribution in [2.45, 2.75) is 37.8 Å². The summed E-state index contributed by atoms with van der Waals surface area (Å²) in [5.74, 6) is 1.22. The highest BCUT2D eigenvalue weighted by molar-refractivity contribution is 6.06. The van der Waals surface area contributed by atoms with Crippen LogP contribution in [-0.2, 0) is 11.3 Å². The lowest BCUT2D eigenvalue weighted by Gasteiger charge is -2.10. The molecule has 0 bridgehead atoms. The van der Waals surface area contributed by atoms with Gasteiger partial charge >= 0.3 is 6.09 Å². The second-order valence-corrected chi connectivity index (χ2v) is 9.36. The molecule has 2 aliphatic carbocycles. The molecule has 0 aliphatic heterocycles. The van der Waals surface area contributed by atoms with Crippen LogP contribution in [0.5, 0.6) is 0 Å². The molecule has 0 radical (unpaired) electrons. The van der Waals surface area contributed by atoms with Gasteiger partial charge in [0.15, 0.2) is 0 Å². The van der Waals surface area contributed by atoms with Gasteiger partial charge in [-0.05, 0) is 79.3 Å². The predicted molar refractivity (Wildman–Crippen MR) is 137 cm³/mol. The molecule has 5 rings (SSSR count). The zero-order valence-electron chi connectivity index (χ0n) is 19.5. The highest BCUT2D eigenvalue weighted by atomic mass is 16.5. The van der Waals surface area contributed by atoms with E-state index in [1.165, 1.54) is 24.8 Å². The van der Waals surface area contributed by atoms with E-state index in [9.17, 15) is 9.59 Å². The number of nitrogen functional groups attached to an aromatic ring is 1. The van der Waals surface area contributed by atoms with Gasteiger partial charge in [-0.2, -0.15) is 0 Å². The molecule has 0 heterocycles. The van der Waals surface area contributed by atoms with Gasteiger partial charge in [-0.15, -0.1) is 0 Å².